The standard InChI is InChI=1S/C11H16N2S/c1-9(2)11(3,8-12)13-7-10-5-4-6-14-10/h4-6,9,13H,7H2,1-3H3. The molecule has 0 fully saturated rings. The quantitative estimate of drug-likeness (QED) is 0.826. The summed E-state index contributed by atoms with van der Waals surface area (Å²) in [5.74, 6) is 0.312. The molecule has 0 aromatic carbocycles. The van der Waals surface area contributed by atoms with Gasteiger partial charge in [0.15, 0.2) is 0 Å². The van der Waals surface area contributed by atoms with Crippen molar-refractivity contribution in [3.8, 4) is 6.07 Å². The molecule has 14 heavy (non-hydrogen) atoms. The monoisotopic (exact) mass is 208 g/mol. The van der Waals surface area contributed by atoms with Crippen molar-refractivity contribution in [1.82, 2.24) is 5.32 Å². The van der Waals surface area contributed by atoms with Crippen molar-refractivity contribution in [2.24, 2.45) is 5.92 Å². The molecule has 1 N–H and O–H groups in total. The summed E-state index contributed by atoms with van der Waals surface area (Å²) in [4.78, 5) is 1.27. The summed E-state index contributed by atoms with van der Waals surface area (Å²) in [5, 5.41) is 14.4. The van der Waals surface area contributed by atoms with Gasteiger partial charge in [0.1, 0.15) is 5.54 Å². The number of nitriles is 1. The Labute approximate surface area is 89.6 Å². The van der Waals surface area contributed by atoms with Gasteiger partial charge in [0.2, 0.25) is 0 Å². The fourth-order valence-electron chi connectivity index (χ4n) is 1.06. The molecule has 3 heteroatoms. The van der Waals surface area contributed by atoms with Crippen LogP contribution in [0.1, 0.15) is 25.6 Å². The topological polar surface area (TPSA) is 35.8 Å². The van der Waals surface area contributed by atoms with E-state index in [1.54, 1.807) is 11.3 Å². The van der Waals surface area contributed by atoms with E-state index in [1.165, 1.54) is 4.88 Å². The maximum Gasteiger partial charge on any atom is 0.106 e. The lowest BCUT2D eigenvalue weighted by molar-refractivity contribution is 0.337. The molecular weight excluding hydrogens is 192 g/mol. The zero-order chi connectivity index (χ0) is 10.6. The predicted octanol–water partition coefficient (Wildman–Crippen LogP) is 2.78. The summed E-state index contributed by atoms with van der Waals surface area (Å²) in [6, 6.07) is 6.44. The van der Waals surface area contributed by atoms with Gasteiger partial charge in [-0.15, -0.1) is 11.3 Å². The fourth-order valence-corrected chi connectivity index (χ4v) is 1.70. The van der Waals surface area contributed by atoms with Crippen LogP contribution in [0.15, 0.2) is 17.5 Å². The molecule has 1 aromatic heterocycles. The highest BCUT2D eigenvalue weighted by atomic mass is 32.1. The number of nitrogens with one attached hydrogen (secondary N) is 1. The Bertz CT molecular complexity index is 311. The maximum atomic E-state index is 9.08. The summed E-state index contributed by atoms with van der Waals surface area (Å²) in [6.07, 6.45) is 0. The van der Waals surface area contributed by atoms with Crippen molar-refractivity contribution < 1.29 is 0 Å². The first kappa shape index (κ1) is 11.2. The predicted molar refractivity (Wildman–Crippen MR) is 60.0 cm³/mol. The minimum Gasteiger partial charge on any atom is -0.294 e. The Kier molecular flexibility index (Phi) is 3.68. The van der Waals surface area contributed by atoms with Gasteiger partial charge >= 0.3 is 0 Å². The van der Waals surface area contributed by atoms with Crippen LogP contribution in [-0.2, 0) is 6.54 Å². The number of thiophene rings is 1. The summed E-state index contributed by atoms with van der Waals surface area (Å²) in [5.41, 5.74) is -0.427. The molecule has 1 aromatic rings. The number of hydrogen-bond donors (Lipinski definition) is 1. The number of hydrogen-bond acceptors (Lipinski definition) is 3. The van der Waals surface area contributed by atoms with Crippen LogP contribution in [0.25, 0.3) is 0 Å². The first-order valence-corrected chi connectivity index (χ1v) is 5.65. The Morgan fingerprint density at radius 3 is 2.79 bits per heavy atom. The van der Waals surface area contributed by atoms with E-state index < -0.39 is 5.54 Å². The Hall–Kier alpha value is -0.850. The minimum atomic E-state index is -0.427. The Morgan fingerprint density at radius 1 is 1.64 bits per heavy atom. The molecule has 0 aliphatic heterocycles. The van der Waals surface area contributed by atoms with Crippen LogP contribution in [0.3, 0.4) is 0 Å². The molecule has 0 spiro atoms. The highest BCUT2D eigenvalue weighted by Gasteiger charge is 2.27. The normalized spacial score (nSPS) is 15.1. The molecule has 1 unspecified atom stereocenters. The van der Waals surface area contributed by atoms with Gasteiger partial charge in [0.25, 0.3) is 0 Å². The van der Waals surface area contributed by atoms with Gasteiger partial charge in [-0.2, -0.15) is 5.26 Å². The van der Waals surface area contributed by atoms with E-state index in [4.69, 9.17) is 5.26 Å². The SMILES string of the molecule is CC(C)C(C)(C#N)NCc1cccs1. The van der Waals surface area contributed by atoms with E-state index in [0.29, 0.717) is 5.92 Å². The van der Waals surface area contributed by atoms with Crippen LogP contribution in [0.2, 0.25) is 0 Å². The van der Waals surface area contributed by atoms with E-state index >= 15 is 0 Å². The van der Waals surface area contributed by atoms with E-state index in [9.17, 15) is 0 Å². The zero-order valence-corrected chi connectivity index (χ0v) is 9.69. The lowest BCUT2D eigenvalue weighted by Crippen LogP contribution is -2.44. The third kappa shape index (κ3) is 2.57. The highest BCUT2D eigenvalue weighted by molar-refractivity contribution is 7.09. The van der Waals surface area contributed by atoms with E-state index in [1.807, 2.05) is 13.0 Å². The highest BCUT2D eigenvalue weighted by Crippen LogP contribution is 2.17. The van der Waals surface area contributed by atoms with Gasteiger partial charge in [0, 0.05) is 11.4 Å². The zero-order valence-electron chi connectivity index (χ0n) is 8.87. The summed E-state index contributed by atoms with van der Waals surface area (Å²) in [7, 11) is 0. The van der Waals surface area contributed by atoms with Crippen LogP contribution in [-0.4, -0.2) is 5.54 Å². The molecular formula is C11H16N2S. The minimum absolute atomic E-state index is 0.312. The Balaban J connectivity index is 2.55. The number of nitrogens with zero attached hydrogens (tertiary/aromatic N) is 1. The summed E-state index contributed by atoms with van der Waals surface area (Å²) < 4.78 is 0. The van der Waals surface area contributed by atoms with Crippen molar-refractivity contribution in [2.75, 3.05) is 0 Å². The fraction of sp³-hybridized carbons (Fsp3) is 0.545. The van der Waals surface area contributed by atoms with Crippen LogP contribution in [0, 0.1) is 17.2 Å². The summed E-state index contributed by atoms with van der Waals surface area (Å²) >= 11 is 1.71. The first-order valence-electron chi connectivity index (χ1n) is 4.77. The molecule has 0 aliphatic carbocycles. The summed E-state index contributed by atoms with van der Waals surface area (Å²) in [6.45, 7) is 6.85. The van der Waals surface area contributed by atoms with Gasteiger partial charge in [0.05, 0.1) is 6.07 Å². The van der Waals surface area contributed by atoms with Crippen molar-refractivity contribution >= 4 is 11.3 Å². The van der Waals surface area contributed by atoms with Crippen molar-refractivity contribution in [1.29, 1.82) is 5.26 Å². The van der Waals surface area contributed by atoms with Gasteiger partial charge in [-0.25, -0.2) is 0 Å². The largest absolute Gasteiger partial charge is 0.294 e. The van der Waals surface area contributed by atoms with Crippen LogP contribution in [0.4, 0.5) is 0 Å². The second kappa shape index (κ2) is 4.59. The first-order chi connectivity index (χ1) is 6.58. The second-order valence-electron chi connectivity index (χ2n) is 3.90. The molecule has 1 heterocycles. The van der Waals surface area contributed by atoms with E-state index in [-0.39, 0.29) is 0 Å². The lowest BCUT2D eigenvalue weighted by atomic mass is 9.90. The van der Waals surface area contributed by atoms with E-state index in [0.717, 1.165) is 6.54 Å². The van der Waals surface area contributed by atoms with Gasteiger partial charge in [-0.05, 0) is 24.3 Å². The molecule has 1 rings (SSSR count). The molecule has 1 atom stereocenters. The third-order valence-electron chi connectivity index (χ3n) is 2.60. The molecule has 0 amide bonds. The Morgan fingerprint density at radius 2 is 2.36 bits per heavy atom. The average molecular weight is 208 g/mol. The van der Waals surface area contributed by atoms with Crippen molar-refractivity contribution in [2.45, 2.75) is 32.9 Å². The van der Waals surface area contributed by atoms with Gasteiger partial charge in [-0.1, -0.05) is 19.9 Å². The molecule has 0 radical (unpaired) electrons. The molecule has 0 bridgehead atoms. The molecule has 0 saturated heterocycles. The average Bonchev–Trinajstić information content (AvgIpc) is 2.66. The van der Waals surface area contributed by atoms with Gasteiger partial charge < -0.3 is 0 Å². The molecule has 0 saturated carbocycles. The van der Waals surface area contributed by atoms with Crippen molar-refractivity contribution in [3.05, 3.63) is 22.4 Å². The smallest absolute Gasteiger partial charge is 0.106 e. The molecule has 76 valence electrons. The lowest BCUT2D eigenvalue weighted by Gasteiger charge is -2.27. The van der Waals surface area contributed by atoms with Crippen LogP contribution < -0.4 is 5.32 Å². The number of rotatable bonds is 4. The molecule has 2 nitrogen and oxygen atoms in total. The third-order valence-corrected chi connectivity index (χ3v) is 3.47. The van der Waals surface area contributed by atoms with E-state index in [2.05, 4.69) is 36.7 Å². The van der Waals surface area contributed by atoms with Crippen LogP contribution >= 0.6 is 11.3 Å². The van der Waals surface area contributed by atoms with Crippen LogP contribution in [0.5, 0.6) is 0 Å². The van der Waals surface area contributed by atoms with Crippen molar-refractivity contribution in [3.63, 3.8) is 0 Å². The maximum absolute atomic E-state index is 9.08. The second-order valence-corrected chi connectivity index (χ2v) is 4.93. The van der Waals surface area contributed by atoms with Gasteiger partial charge in [-0.3, -0.25) is 5.32 Å². The molecule has 0 aliphatic rings.